The van der Waals surface area contributed by atoms with Gasteiger partial charge in [0, 0.05) is 29.4 Å². The predicted molar refractivity (Wildman–Crippen MR) is 119 cm³/mol. The number of Topliss-reactive ketones (excluding diaryl/α,β-unsaturated/α-hetero) is 1. The number of aromatic nitrogens is 1. The quantitative estimate of drug-likeness (QED) is 0.366. The number of rotatable bonds is 5. The maximum absolute atomic E-state index is 13.1. The van der Waals surface area contributed by atoms with Crippen LogP contribution >= 0.6 is 11.3 Å². The third kappa shape index (κ3) is 3.72. The van der Waals surface area contributed by atoms with Gasteiger partial charge in [0.25, 0.3) is 11.7 Å². The van der Waals surface area contributed by atoms with Crippen molar-refractivity contribution in [1.29, 1.82) is 0 Å². The van der Waals surface area contributed by atoms with Gasteiger partial charge in [-0.15, -0.1) is 11.3 Å². The number of benzene rings is 1. The summed E-state index contributed by atoms with van der Waals surface area (Å²) in [7, 11) is 1.57. The molecule has 6 nitrogen and oxygen atoms in total. The molecule has 1 unspecified atom stereocenters. The Bertz CT molecular complexity index is 1180. The zero-order valence-electron chi connectivity index (χ0n) is 17.5. The molecule has 0 radical (unpaired) electrons. The van der Waals surface area contributed by atoms with E-state index in [0.29, 0.717) is 11.3 Å². The maximum atomic E-state index is 13.1. The van der Waals surface area contributed by atoms with E-state index in [0.717, 1.165) is 21.6 Å². The molecule has 0 aliphatic carbocycles. The van der Waals surface area contributed by atoms with E-state index >= 15 is 0 Å². The first-order valence-corrected chi connectivity index (χ1v) is 10.7. The zero-order valence-corrected chi connectivity index (χ0v) is 18.3. The smallest absolute Gasteiger partial charge is 0.295 e. The highest BCUT2D eigenvalue weighted by Gasteiger charge is 2.47. The Morgan fingerprint density at radius 2 is 1.87 bits per heavy atom. The number of likely N-dealkylation sites (tertiary alicyclic amines) is 1. The van der Waals surface area contributed by atoms with Gasteiger partial charge >= 0.3 is 0 Å². The van der Waals surface area contributed by atoms with Crippen molar-refractivity contribution in [3.63, 3.8) is 0 Å². The molecule has 3 aromatic rings. The van der Waals surface area contributed by atoms with Gasteiger partial charge in [-0.2, -0.15) is 0 Å². The number of methoxy groups -OCH3 is 1. The topological polar surface area (TPSA) is 79.7 Å². The molecule has 1 aromatic carbocycles. The molecule has 1 atom stereocenters. The first-order chi connectivity index (χ1) is 14.9. The molecule has 158 valence electrons. The molecule has 1 saturated heterocycles. The van der Waals surface area contributed by atoms with Gasteiger partial charge in [0.1, 0.15) is 17.6 Å². The second-order valence-electron chi connectivity index (χ2n) is 7.43. The number of ether oxygens (including phenoxy) is 1. The van der Waals surface area contributed by atoms with Crippen molar-refractivity contribution in [1.82, 2.24) is 9.88 Å². The van der Waals surface area contributed by atoms with Crippen LogP contribution in [0, 0.1) is 13.8 Å². The maximum Gasteiger partial charge on any atom is 0.295 e. The van der Waals surface area contributed by atoms with Crippen LogP contribution in [0.5, 0.6) is 5.75 Å². The van der Waals surface area contributed by atoms with E-state index in [9.17, 15) is 14.7 Å². The van der Waals surface area contributed by atoms with E-state index in [1.54, 1.807) is 37.7 Å². The van der Waals surface area contributed by atoms with Crippen LogP contribution in [-0.2, 0) is 16.1 Å². The minimum Gasteiger partial charge on any atom is -0.507 e. The van der Waals surface area contributed by atoms with Crippen LogP contribution in [-0.4, -0.2) is 33.8 Å². The molecule has 0 spiro atoms. The molecule has 1 aliphatic rings. The van der Waals surface area contributed by atoms with Crippen molar-refractivity contribution in [3.8, 4) is 5.75 Å². The van der Waals surface area contributed by atoms with Gasteiger partial charge in [-0.1, -0.05) is 0 Å². The van der Waals surface area contributed by atoms with Gasteiger partial charge in [0.15, 0.2) is 0 Å². The monoisotopic (exact) mass is 434 g/mol. The number of nitrogens with zero attached hydrogens (tertiary/aromatic N) is 2. The second kappa shape index (κ2) is 8.35. The fourth-order valence-electron chi connectivity index (χ4n) is 3.84. The van der Waals surface area contributed by atoms with E-state index in [1.807, 2.05) is 37.4 Å². The fraction of sp³-hybridized carbons (Fsp3) is 0.208. The number of aryl methyl sites for hydroxylation is 2. The third-order valence-corrected chi connectivity index (χ3v) is 6.55. The van der Waals surface area contributed by atoms with Gasteiger partial charge in [0.2, 0.25) is 0 Å². The lowest BCUT2D eigenvalue weighted by atomic mass is 9.96. The van der Waals surface area contributed by atoms with Gasteiger partial charge in [-0.25, -0.2) is 0 Å². The SMILES string of the molecule is COc1ccc(/C(O)=C2\C(=O)C(=O)N(Cc3ccncc3)C2c2sccc2C)c(C)c1. The molecule has 1 amide bonds. The Kier molecular flexibility index (Phi) is 5.61. The number of thiophene rings is 1. The van der Waals surface area contributed by atoms with Gasteiger partial charge < -0.3 is 14.7 Å². The normalized spacial score (nSPS) is 17.9. The van der Waals surface area contributed by atoms with E-state index in [2.05, 4.69) is 4.98 Å². The highest BCUT2D eigenvalue weighted by molar-refractivity contribution is 7.10. The summed E-state index contributed by atoms with van der Waals surface area (Å²) in [5, 5.41) is 13.2. The van der Waals surface area contributed by atoms with Gasteiger partial charge in [-0.05, 0) is 72.3 Å². The number of carbonyl (C=O) groups excluding carboxylic acids is 2. The first-order valence-electron chi connectivity index (χ1n) is 9.78. The molecule has 7 heteroatoms. The highest BCUT2D eigenvalue weighted by atomic mass is 32.1. The second-order valence-corrected chi connectivity index (χ2v) is 8.38. The van der Waals surface area contributed by atoms with E-state index in [4.69, 9.17) is 4.74 Å². The number of carbonyl (C=O) groups is 2. The standard InChI is InChI=1S/C24H22N2O4S/c1-14-8-11-31-23(14)20-19(21(27)18-5-4-17(30-3)12-15(18)2)22(28)24(29)26(20)13-16-6-9-25-10-7-16/h4-12,20,27H,13H2,1-3H3/b21-19+. The number of pyridine rings is 1. The third-order valence-electron chi connectivity index (χ3n) is 5.48. The summed E-state index contributed by atoms with van der Waals surface area (Å²) in [6.07, 6.45) is 3.30. The van der Waals surface area contributed by atoms with Crippen LogP contribution in [0.3, 0.4) is 0 Å². The van der Waals surface area contributed by atoms with E-state index in [1.165, 1.54) is 16.2 Å². The summed E-state index contributed by atoms with van der Waals surface area (Å²) in [6.45, 7) is 4.01. The van der Waals surface area contributed by atoms with Crippen LogP contribution in [0.25, 0.3) is 5.76 Å². The number of aliphatic hydroxyl groups is 1. The van der Waals surface area contributed by atoms with Crippen LogP contribution < -0.4 is 4.74 Å². The number of aliphatic hydroxyl groups excluding tert-OH is 1. The minimum absolute atomic E-state index is 0.109. The van der Waals surface area contributed by atoms with Crippen molar-refractivity contribution in [2.24, 2.45) is 0 Å². The Labute approximate surface area is 184 Å². The molecular formula is C24H22N2O4S. The average Bonchev–Trinajstić information content (AvgIpc) is 3.29. The lowest BCUT2D eigenvalue weighted by molar-refractivity contribution is -0.140. The predicted octanol–water partition coefficient (Wildman–Crippen LogP) is 4.39. The highest BCUT2D eigenvalue weighted by Crippen LogP contribution is 2.43. The summed E-state index contributed by atoms with van der Waals surface area (Å²) < 4.78 is 5.24. The van der Waals surface area contributed by atoms with Gasteiger partial charge in [0.05, 0.1) is 12.7 Å². The average molecular weight is 435 g/mol. The molecule has 4 rings (SSSR count). The van der Waals surface area contributed by atoms with E-state index in [-0.39, 0.29) is 17.9 Å². The Balaban J connectivity index is 1.87. The molecule has 0 saturated carbocycles. The Morgan fingerprint density at radius 3 is 2.48 bits per heavy atom. The van der Waals surface area contributed by atoms with Crippen molar-refractivity contribution < 1.29 is 19.4 Å². The van der Waals surface area contributed by atoms with Crippen LogP contribution in [0.2, 0.25) is 0 Å². The van der Waals surface area contributed by atoms with Crippen molar-refractivity contribution >= 4 is 28.8 Å². The number of amides is 1. The summed E-state index contributed by atoms with van der Waals surface area (Å²) in [5.74, 6) is -0.826. The van der Waals surface area contributed by atoms with Crippen molar-refractivity contribution in [2.75, 3.05) is 7.11 Å². The van der Waals surface area contributed by atoms with Crippen LogP contribution in [0.1, 0.15) is 33.2 Å². The molecular weight excluding hydrogens is 412 g/mol. The summed E-state index contributed by atoms with van der Waals surface area (Å²) in [5.41, 5.74) is 3.18. The number of hydrogen-bond donors (Lipinski definition) is 1. The molecule has 1 N–H and O–H groups in total. The van der Waals surface area contributed by atoms with Crippen LogP contribution in [0.4, 0.5) is 0 Å². The summed E-state index contributed by atoms with van der Waals surface area (Å²) in [4.78, 5) is 32.6. The first kappa shape index (κ1) is 20.8. The largest absolute Gasteiger partial charge is 0.507 e. The molecule has 3 heterocycles. The number of hydrogen-bond acceptors (Lipinski definition) is 6. The molecule has 1 fully saturated rings. The Morgan fingerprint density at radius 1 is 1.13 bits per heavy atom. The minimum atomic E-state index is -0.681. The Hall–Kier alpha value is -3.45. The van der Waals surface area contributed by atoms with Crippen LogP contribution in [0.15, 0.2) is 59.7 Å². The zero-order chi connectivity index (χ0) is 22.1. The summed E-state index contributed by atoms with van der Waals surface area (Å²) in [6, 6.07) is 10.1. The van der Waals surface area contributed by atoms with Gasteiger partial charge in [-0.3, -0.25) is 14.6 Å². The number of ketones is 1. The summed E-state index contributed by atoms with van der Waals surface area (Å²) >= 11 is 1.47. The molecule has 2 aromatic heterocycles. The lowest BCUT2D eigenvalue weighted by Crippen LogP contribution is -2.29. The fourth-order valence-corrected chi connectivity index (χ4v) is 4.89. The van der Waals surface area contributed by atoms with Crippen molar-refractivity contribution in [3.05, 3.63) is 86.9 Å². The molecule has 0 bridgehead atoms. The van der Waals surface area contributed by atoms with E-state index < -0.39 is 17.7 Å². The molecule has 1 aliphatic heterocycles. The lowest BCUT2D eigenvalue weighted by Gasteiger charge is -2.25. The van der Waals surface area contributed by atoms with Crippen molar-refractivity contribution in [2.45, 2.75) is 26.4 Å². The molecule has 31 heavy (non-hydrogen) atoms.